The normalized spacial score (nSPS) is 11.8. The first-order valence-electron chi connectivity index (χ1n) is 6.21. The number of amidine groups is 1. The number of aromatic nitrogens is 2. The maximum atomic E-state index is 5.83. The van der Waals surface area contributed by atoms with Gasteiger partial charge in [0.15, 0.2) is 17.3 Å². The quantitative estimate of drug-likeness (QED) is 0.466. The van der Waals surface area contributed by atoms with Crippen LogP contribution in [0.4, 0.5) is 11.5 Å². The van der Waals surface area contributed by atoms with Crippen LogP contribution in [0.2, 0.25) is 0 Å². The molecule has 1 heterocycles. The lowest BCUT2D eigenvalue weighted by Gasteiger charge is -2.03. The fourth-order valence-electron chi connectivity index (χ4n) is 1.77. The van der Waals surface area contributed by atoms with Gasteiger partial charge in [-0.2, -0.15) is 0 Å². The van der Waals surface area contributed by atoms with Crippen LogP contribution in [0.15, 0.2) is 33.9 Å². The molecule has 0 aliphatic rings. The molecule has 0 amide bonds. The van der Waals surface area contributed by atoms with Gasteiger partial charge in [-0.05, 0) is 40.9 Å². The molecule has 2 aromatic rings. The Bertz CT molecular complexity index is 594. The highest BCUT2D eigenvalue weighted by Crippen LogP contribution is 2.17. The van der Waals surface area contributed by atoms with Crippen molar-refractivity contribution in [2.24, 2.45) is 10.7 Å². The van der Waals surface area contributed by atoms with Gasteiger partial charge in [0.25, 0.3) is 0 Å². The Balaban J connectivity index is 2.13. The monoisotopic (exact) mass is 275 g/mol. The number of aliphatic imine (C=N–C) groups is 1. The van der Waals surface area contributed by atoms with E-state index < -0.39 is 0 Å². The van der Waals surface area contributed by atoms with Crippen molar-refractivity contribution in [3.05, 3.63) is 35.5 Å². The Hall–Kier alpha value is -2.41. The van der Waals surface area contributed by atoms with E-state index >= 15 is 0 Å². The van der Waals surface area contributed by atoms with Crippen LogP contribution >= 0.6 is 0 Å². The summed E-state index contributed by atoms with van der Waals surface area (Å²) in [5.74, 6) is 0.306. The van der Waals surface area contributed by atoms with Crippen LogP contribution in [0.5, 0.6) is 0 Å². The number of hydrogen-bond donors (Lipinski definition) is 2. The second kappa shape index (κ2) is 6.67. The Morgan fingerprint density at radius 1 is 1.40 bits per heavy atom. The van der Waals surface area contributed by atoms with Gasteiger partial charge in [0.2, 0.25) is 0 Å². The molecule has 0 atom stereocenters. The van der Waals surface area contributed by atoms with E-state index in [1.807, 2.05) is 24.3 Å². The van der Waals surface area contributed by atoms with Gasteiger partial charge in [-0.15, -0.1) is 0 Å². The summed E-state index contributed by atoms with van der Waals surface area (Å²) < 4.78 is 9.53. The zero-order valence-electron chi connectivity index (χ0n) is 11.2. The predicted molar refractivity (Wildman–Crippen MR) is 75.7 cm³/mol. The van der Waals surface area contributed by atoms with Crippen molar-refractivity contribution in [2.45, 2.75) is 12.8 Å². The molecular formula is C13H17N5O2. The zero-order valence-corrected chi connectivity index (χ0v) is 11.2. The van der Waals surface area contributed by atoms with Gasteiger partial charge in [0.1, 0.15) is 0 Å². The van der Waals surface area contributed by atoms with Crippen LogP contribution in [-0.2, 0) is 11.2 Å². The van der Waals surface area contributed by atoms with Crippen molar-refractivity contribution in [2.75, 3.05) is 19.5 Å². The second-order valence-electron chi connectivity index (χ2n) is 4.26. The van der Waals surface area contributed by atoms with E-state index in [-0.39, 0.29) is 17.3 Å². The smallest absolute Gasteiger partial charge is 0.199 e. The number of hydrogen-bond acceptors (Lipinski definition) is 6. The minimum Gasteiger partial charge on any atom is -0.385 e. The molecule has 0 radical (unpaired) electrons. The van der Waals surface area contributed by atoms with Crippen LogP contribution in [0.1, 0.15) is 17.7 Å². The third-order valence-corrected chi connectivity index (χ3v) is 2.73. The average molecular weight is 275 g/mol. The molecule has 1 aromatic carbocycles. The number of rotatable bonds is 6. The largest absolute Gasteiger partial charge is 0.385 e. The lowest BCUT2D eigenvalue weighted by Crippen LogP contribution is -2.15. The van der Waals surface area contributed by atoms with E-state index in [0.29, 0.717) is 0 Å². The van der Waals surface area contributed by atoms with Gasteiger partial charge in [0, 0.05) is 13.7 Å². The summed E-state index contributed by atoms with van der Waals surface area (Å²) in [5, 5.41) is 7.08. The van der Waals surface area contributed by atoms with Crippen LogP contribution in [0.25, 0.3) is 0 Å². The molecule has 20 heavy (non-hydrogen) atoms. The lowest BCUT2D eigenvalue weighted by molar-refractivity contribution is 0.195. The summed E-state index contributed by atoms with van der Waals surface area (Å²) in [7, 11) is 1.69. The van der Waals surface area contributed by atoms with Crippen molar-refractivity contribution in [3.8, 4) is 0 Å². The molecule has 0 unspecified atom stereocenters. The standard InChI is InChI=1S/C13H17N5O2/c1-19-7-3-5-9-4-2-6-10(8-9)16-12(14)11-13(15)18-20-17-11/h2,4,6,8H,3,5,7H2,1H3,(H2,14,16)(H2,15,18). The molecule has 4 N–H and O–H groups in total. The summed E-state index contributed by atoms with van der Waals surface area (Å²) >= 11 is 0. The maximum Gasteiger partial charge on any atom is 0.199 e. The fraction of sp³-hybridized carbons (Fsp3) is 0.308. The first-order valence-corrected chi connectivity index (χ1v) is 6.21. The molecule has 0 bridgehead atoms. The summed E-state index contributed by atoms with van der Waals surface area (Å²) in [4.78, 5) is 4.27. The topological polar surface area (TPSA) is 113 Å². The third-order valence-electron chi connectivity index (χ3n) is 2.73. The molecule has 7 heteroatoms. The van der Waals surface area contributed by atoms with Gasteiger partial charge in [-0.3, -0.25) is 0 Å². The molecule has 106 valence electrons. The predicted octanol–water partition coefficient (Wildman–Crippen LogP) is 1.27. The van der Waals surface area contributed by atoms with E-state index in [4.69, 9.17) is 16.2 Å². The van der Waals surface area contributed by atoms with Gasteiger partial charge >= 0.3 is 0 Å². The lowest BCUT2D eigenvalue weighted by atomic mass is 10.1. The summed E-state index contributed by atoms with van der Waals surface area (Å²) in [6.45, 7) is 0.733. The SMILES string of the molecule is COCCCc1cccc(N=C(N)c2nonc2N)c1. The van der Waals surface area contributed by atoms with E-state index in [1.165, 1.54) is 5.56 Å². The molecule has 2 rings (SSSR count). The number of anilines is 1. The van der Waals surface area contributed by atoms with Gasteiger partial charge < -0.3 is 16.2 Å². The van der Waals surface area contributed by atoms with Gasteiger partial charge in [0.05, 0.1) is 5.69 Å². The van der Waals surface area contributed by atoms with Crippen molar-refractivity contribution < 1.29 is 9.37 Å². The van der Waals surface area contributed by atoms with E-state index in [9.17, 15) is 0 Å². The van der Waals surface area contributed by atoms with Crippen molar-refractivity contribution in [1.82, 2.24) is 10.3 Å². The molecule has 7 nitrogen and oxygen atoms in total. The second-order valence-corrected chi connectivity index (χ2v) is 4.26. The van der Waals surface area contributed by atoms with E-state index in [0.717, 1.165) is 25.1 Å². The highest BCUT2D eigenvalue weighted by molar-refractivity contribution is 6.00. The van der Waals surface area contributed by atoms with Gasteiger partial charge in [-0.25, -0.2) is 9.62 Å². The van der Waals surface area contributed by atoms with E-state index in [1.54, 1.807) is 7.11 Å². The number of aryl methyl sites for hydroxylation is 1. The number of benzene rings is 1. The van der Waals surface area contributed by atoms with Crippen LogP contribution in [0.3, 0.4) is 0 Å². The Kier molecular flexibility index (Phi) is 4.67. The molecule has 0 saturated heterocycles. The Labute approximate surface area is 116 Å². The summed E-state index contributed by atoms with van der Waals surface area (Å²) in [6.07, 6.45) is 1.88. The Morgan fingerprint density at radius 3 is 2.95 bits per heavy atom. The number of nitrogens with two attached hydrogens (primary N) is 2. The maximum absolute atomic E-state index is 5.83. The van der Waals surface area contributed by atoms with Gasteiger partial charge in [-0.1, -0.05) is 12.1 Å². The third kappa shape index (κ3) is 3.55. The van der Waals surface area contributed by atoms with E-state index in [2.05, 4.69) is 19.9 Å². The van der Waals surface area contributed by atoms with Crippen molar-refractivity contribution in [3.63, 3.8) is 0 Å². The highest BCUT2D eigenvalue weighted by Gasteiger charge is 2.10. The first kappa shape index (κ1) is 14.0. The Morgan fingerprint density at radius 2 is 2.25 bits per heavy atom. The number of nitrogens with zero attached hydrogens (tertiary/aromatic N) is 3. The minimum absolute atomic E-state index is 0.127. The molecule has 0 aliphatic heterocycles. The van der Waals surface area contributed by atoms with Crippen molar-refractivity contribution >= 4 is 17.3 Å². The minimum atomic E-state index is 0.127. The molecule has 0 fully saturated rings. The van der Waals surface area contributed by atoms with Crippen LogP contribution < -0.4 is 11.5 Å². The molecular weight excluding hydrogens is 258 g/mol. The van der Waals surface area contributed by atoms with Crippen LogP contribution in [0, 0.1) is 0 Å². The summed E-state index contributed by atoms with van der Waals surface area (Å²) in [6, 6.07) is 7.79. The number of nitrogen functional groups attached to an aromatic ring is 1. The first-order chi connectivity index (χ1) is 9.70. The molecule has 1 aromatic heterocycles. The number of methoxy groups -OCH3 is 1. The molecule has 0 saturated carbocycles. The number of ether oxygens (including phenoxy) is 1. The van der Waals surface area contributed by atoms with Crippen molar-refractivity contribution in [1.29, 1.82) is 0 Å². The summed E-state index contributed by atoms with van der Waals surface area (Å²) in [5.41, 5.74) is 13.6. The zero-order chi connectivity index (χ0) is 14.4. The molecule has 0 spiro atoms. The average Bonchev–Trinajstić information content (AvgIpc) is 2.86. The highest BCUT2D eigenvalue weighted by atomic mass is 16.6. The van der Waals surface area contributed by atoms with Crippen LogP contribution in [-0.4, -0.2) is 29.9 Å². The fourth-order valence-corrected chi connectivity index (χ4v) is 1.77. The molecule has 0 aliphatic carbocycles.